The molecule has 0 radical (unpaired) electrons. The van der Waals surface area contributed by atoms with Crippen LogP contribution in [0.25, 0.3) is 0 Å². The van der Waals surface area contributed by atoms with Crippen LogP contribution >= 0.6 is 0 Å². The average molecular weight is 595 g/mol. The van der Waals surface area contributed by atoms with Crippen LogP contribution in [0.5, 0.6) is 0 Å². The highest BCUT2D eigenvalue weighted by molar-refractivity contribution is 5.13. The van der Waals surface area contributed by atoms with Gasteiger partial charge in [0.15, 0.2) is 18.9 Å². The maximum atomic E-state index is 11.1. The van der Waals surface area contributed by atoms with E-state index in [1.807, 2.05) is 0 Å². The smallest absolute Gasteiger partial charge is 0.187 e. The first kappa shape index (κ1) is 32.5. The molecule has 3 saturated heterocycles. The number of ether oxygens (including phenoxy) is 6. The van der Waals surface area contributed by atoms with Crippen molar-refractivity contribution in [2.45, 2.75) is 98.7 Å². The molecule has 10 N–H and O–H groups in total. The number of hydrogen-bond donors (Lipinski definition) is 10. The Hall–Kier alpha value is -1.42. The number of benzene rings is 1. The average Bonchev–Trinajstić information content (AvgIpc) is 2.99. The lowest BCUT2D eigenvalue weighted by atomic mass is 9.96. The molecular formula is C25H38O16. The first-order chi connectivity index (χ1) is 19.6. The Labute approximate surface area is 234 Å². The van der Waals surface area contributed by atoms with E-state index in [1.165, 1.54) is 0 Å². The molecule has 0 aromatic heterocycles. The summed E-state index contributed by atoms with van der Waals surface area (Å²) in [5, 5.41) is 102. The largest absolute Gasteiger partial charge is 0.394 e. The summed E-state index contributed by atoms with van der Waals surface area (Å²) < 4.78 is 34.2. The summed E-state index contributed by atoms with van der Waals surface area (Å²) in [5.74, 6) is 0. The van der Waals surface area contributed by atoms with Crippen molar-refractivity contribution in [3.8, 4) is 0 Å². The monoisotopic (exact) mass is 594 g/mol. The van der Waals surface area contributed by atoms with Gasteiger partial charge in [0.25, 0.3) is 0 Å². The summed E-state index contributed by atoms with van der Waals surface area (Å²) in [7, 11) is 0. The van der Waals surface area contributed by atoms with Gasteiger partial charge in [-0.05, 0) is 5.56 Å². The van der Waals surface area contributed by atoms with E-state index in [1.54, 1.807) is 30.3 Å². The van der Waals surface area contributed by atoms with Crippen molar-refractivity contribution in [1.29, 1.82) is 0 Å². The van der Waals surface area contributed by atoms with Gasteiger partial charge in [0.1, 0.15) is 73.2 Å². The summed E-state index contributed by atoms with van der Waals surface area (Å²) in [6, 6.07) is 8.79. The highest BCUT2D eigenvalue weighted by Gasteiger charge is 2.54. The Morgan fingerprint density at radius 3 is 1.44 bits per heavy atom. The van der Waals surface area contributed by atoms with Crippen molar-refractivity contribution in [2.24, 2.45) is 0 Å². The molecule has 0 amide bonds. The van der Waals surface area contributed by atoms with E-state index in [-0.39, 0.29) is 6.61 Å². The Morgan fingerprint density at radius 1 is 0.512 bits per heavy atom. The summed E-state index contributed by atoms with van der Waals surface area (Å²) in [6.45, 7) is -2.30. The second-order valence-electron chi connectivity index (χ2n) is 10.1. The molecule has 16 heteroatoms. The van der Waals surface area contributed by atoms with Crippen molar-refractivity contribution in [2.75, 3.05) is 19.8 Å². The van der Waals surface area contributed by atoms with Gasteiger partial charge in [0.2, 0.25) is 0 Å². The van der Waals surface area contributed by atoms with Gasteiger partial charge in [-0.25, -0.2) is 0 Å². The van der Waals surface area contributed by atoms with E-state index in [0.717, 1.165) is 0 Å². The molecule has 16 nitrogen and oxygen atoms in total. The third-order valence-corrected chi connectivity index (χ3v) is 7.33. The quantitative estimate of drug-likeness (QED) is 0.121. The van der Waals surface area contributed by atoms with E-state index in [4.69, 9.17) is 28.4 Å². The van der Waals surface area contributed by atoms with Crippen molar-refractivity contribution < 1.29 is 79.5 Å². The van der Waals surface area contributed by atoms with Crippen LogP contribution in [0.1, 0.15) is 5.56 Å². The predicted octanol–water partition coefficient (Wildman–Crippen LogP) is -5.35. The number of aliphatic hydroxyl groups excluding tert-OH is 10. The van der Waals surface area contributed by atoms with Crippen LogP contribution in [-0.2, 0) is 35.0 Å². The standard InChI is InChI=1S/C25H38O16/c26-6-11-14(29)17(32)19(34)23(37-11)40-21-16(31)13(8-28)39-25(36-9-10-4-2-1-3-5-10)22(21)41-24-20(35)18(33)15(30)12(7-27)38-24/h1-5,11-35H,6-9H2/t11-,12-,13-,14-,15-,16-,17+,18-,19-,20-,21-,22-,23+,24+,25-/m1/s1. The Kier molecular flexibility index (Phi) is 11.4. The van der Waals surface area contributed by atoms with Crippen LogP contribution < -0.4 is 0 Å². The van der Waals surface area contributed by atoms with Crippen LogP contribution in [-0.4, -0.2) is 163 Å². The maximum Gasteiger partial charge on any atom is 0.187 e. The van der Waals surface area contributed by atoms with Crippen molar-refractivity contribution in [1.82, 2.24) is 0 Å². The fraction of sp³-hybridized carbons (Fsp3) is 0.760. The molecule has 41 heavy (non-hydrogen) atoms. The van der Waals surface area contributed by atoms with Gasteiger partial charge in [-0.1, -0.05) is 30.3 Å². The fourth-order valence-electron chi connectivity index (χ4n) is 4.90. The van der Waals surface area contributed by atoms with Gasteiger partial charge in [0.05, 0.1) is 26.4 Å². The van der Waals surface area contributed by atoms with Gasteiger partial charge >= 0.3 is 0 Å². The van der Waals surface area contributed by atoms with Crippen molar-refractivity contribution in [3.63, 3.8) is 0 Å². The third-order valence-electron chi connectivity index (χ3n) is 7.33. The number of hydrogen-bond acceptors (Lipinski definition) is 16. The van der Waals surface area contributed by atoms with Gasteiger partial charge in [-0.2, -0.15) is 0 Å². The third kappa shape index (κ3) is 7.05. The van der Waals surface area contributed by atoms with E-state index < -0.39 is 112 Å². The summed E-state index contributed by atoms with van der Waals surface area (Å²) in [4.78, 5) is 0. The molecule has 3 aliphatic rings. The highest BCUT2D eigenvalue weighted by Crippen LogP contribution is 2.34. The van der Waals surface area contributed by atoms with Crippen LogP contribution in [0.3, 0.4) is 0 Å². The molecule has 1 aromatic rings. The summed E-state index contributed by atoms with van der Waals surface area (Å²) >= 11 is 0. The van der Waals surface area contributed by atoms with Crippen molar-refractivity contribution in [3.05, 3.63) is 35.9 Å². The van der Waals surface area contributed by atoms with E-state index in [9.17, 15) is 51.1 Å². The minimum atomic E-state index is -1.87. The molecular weight excluding hydrogens is 556 g/mol. The molecule has 3 fully saturated rings. The lowest BCUT2D eigenvalue weighted by molar-refractivity contribution is -0.393. The van der Waals surface area contributed by atoms with Gasteiger partial charge in [-0.15, -0.1) is 0 Å². The zero-order chi connectivity index (χ0) is 29.8. The molecule has 15 atom stereocenters. The van der Waals surface area contributed by atoms with E-state index in [0.29, 0.717) is 5.56 Å². The van der Waals surface area contributed by atoms with E-state index in [2.05, 4.69) is 0 Å². The van der Waals surface area contributed by atoms with Crippen LogP contribution in [0.2, 0.25) is 0 Å². The SMILES string of the molecule is OC[C@H]1O[C@@H](O[C@@H]2[C@H](O)[C@@H](CO)O[C@@H](OCc3ccccc3)[C@@H]2O[C@@H]2O[C@H](CO)[C@@H](O)[C@@H](O)[C@H]2O)[C@H](O)[C@@H](O)[C@@H]1O. The minimum Gasteiger partial charge on any atom is -0.394 e. The number of rotatable bonds is 10. The van der Waals surface area contributed by atoms with Crippen LogP contribution in [0.15, 0.2) is 30.3 Å². The summed E-state index contributed by atoms with van der Waals surface area (Å²) in [5.41, 5.74) is 0.695. The Morgan fingerprint density at radius 2 is 0.951 bits per heavy atom. The maximum absolute atomic E-state index is 11.1. The zero-order valence-corrected chi connectivity index (χ0v) is 21.8. The summed E-state index contributed by atoms with van der Waals surface area (Å²) in [6.07, 6.45) is -24.6. The van der Waals surface area contributed by atoms with Crippen LogP contribution in [0.4, 0.5) is 0 Å². The fourth-order valence-corrected chi connectivity index (χ4v) is 4.90. The molecule has 4 rings (SSSR count). The predicted molar refractivity (Wildman–Crippen MR) is 130 cm³/mol. The van der Waals surface area contributed by atoms with Gasteiger partial charge < -0.3 is 79.5 Å². The molecule has 0 bridgehead atoms. The van der Waals surface area contributed by atoms with Crippen LogP contribution in [0, 0.1) is 0 Å². The Bertz CT molecular complexity index is 922. The zero-order valence-electron chi connectivity index (χ0n) is 21.8. The molecule has 0 aliphatic carbocycles. The highest BCUT2D eigenvalue weighted by atomic mass is 16.8. The molecule has 1 aromatic carbocycles. The molecule has 234 valence electrons. The lowest BCUT2D eigenvalue weighted by Gasteiger charge is -2.49. The second-order valence-corrected chi connectivity index (χ2v) is 10.1. The molecule has 3 heterocycles. The van der Waals surface area contributed by atoms with Gasteiger partial charge in [-0.3, -0.25) is 0 Å². The lowest BCUT2D eigenvalue weighted by Crippen LogP contribution is -2.67. The van der Waals surface area contributed by atoms with Gasteiger partial charge in [0, 0.05) is 0 Å². The normalized spacial score (nSPS) is 45.5. The topological polar surface area (TPSA) is 258 Å². The molecule has 0 saturated carbocycles. The second kappa shape index (κ2) is 14.4. The number of aliphatic hydroxyl groups is 10. The molecule has 0 spiro atoms. The van der Waals surface area contributed by atoms with E-state index >= 15 is 0 Å². The van der Waals surface area contributed by atoms with Crippen molar-refractivity contribution >= 4 is 0 Å². The minimum absolute atomic E-state index is 0.0684. The Balaban J connectivity index is 1.64. The first-order valence-corrected chi connectivity index (χ1v) is 13.1. The first-order valence-electron chi connectivity index (χ1n) is 13.1. The molecule has 0 unspecified atom stereocenters. The molecule has 3 aliphatic heterocycles.